The summed E-state index contributed by atoms with van der Waals surface area (Å²) < 4.78 is 2.04. The van der Waals surface area contributed by atoms with Crippen LogP contribution in [0.15, 0.2) is 86.3 Å². The molecular formula is C27H20Br2Cl2N2O. The van der Waals surface area contributed by atoms with Crippen molar-refractivity contribution in [2.75, 3.05) is 0 Å². The van der Waals surface area contributed by atoms with Gasteiger partial charge < -0.3 is 0 Å². The van der Waals surface area contributed by atoms with Gasteiger partial charge in [0.1, 0.15) is 0 Å². The van der Waals surface area contributed by atoms with Crippen LogP contribution in [0, 0.1) is 5.92 Å². The van der Waals surface area contributed by atoms with E-state index in [9.17, 15) is 4.79 Å². The summed E-state index contributed by atoms with van der Waals surface area (Å²) in [5.41, 5.74) is 4.73. The van der Waals surface area contributed by atoms with Gasteiger partial charge in [0.25, 0.3) is 5.91 Å². The predicted octanol–water partition coefficient (Wildman–Crippen LogP) is 8.96. The van der Waals surface area contributed by atoms with E-state index in [-0.39, 0.29) is 17.9 Å². The summed E-state index contributed by atoms with van der Waals surface area (Å²) in [4.78, 5) is 13.7. The molecule has 0 saturated heterocycles. The molecule has 1 aliphatic heterocycles. The summed E-state index contributed by atoms with van der Waals surface area (Å²) in [6.45, 7) is 0. The number of nitrogens with zero attached hydrogens (tertiary/aromatic N) is 2. The molecule has 1 fully saturated rings. The maximum Gasteiger partial charge on any atom is 0.276 e. The van der Waals surface area contributed by atoms with E-state index in [1.54, 1.807) is 23.2 Å². The molecule has 7 heteroatoms. The topological polar surface area (TPSA) is 32.7 Å². The van der Waals surface area contributed by atoms with E-state index in [4.69, 9.17) is 28.3 Å². The first kappa shape index (κ1) is 23.8. The monoisotopic (exact) mass is 616 g/mol. The van der Waals surface area contributed by atoms with E-state index >= 15 is 0 Å². The number of fused-ring (bicyclic) bond motifs is 1. The Morgan fingerprint density at radius 1 is 0.971 bits per heavy atom. The third-order valence-electron chi connectivity index (χ3n) is 6.29. The molecule has 1 heterocycles. The van der Waals surface area contributed by atoms with Crippen molar-refractivity contribution in [3.8, 4) is 0 Å². The fourth-order valence-corrected chi connectivity index (χ4v) is 5.73. The molecule has 2 aliphatic rings. The normalized spacial score (nSPS) is 20.9. The van der Waals surface area contributed by atoms with Gasteiger partial charge in [0.05, 0.1) is 22.3 Å². The van der Waals surface area contributed by atoms with Crippen molar-refractivity contribution in [1.82, 2.24) is 5.01 Å². The number of carbonyl (C=O) groups is 1. The molecule has 2 unspecified atom stereocenters. The van der Waals surface area contributed by atoms with Crippen LogP contribution in [0.25, 0.3) is 6.08 Å². The van der Waals surface area contributed by atoms with E-state index < -0.39 is 0 Å². The number of hydrogen-bond donors (Lipinski definition) is 0. The summed E-state index contributed by atoms with van der Waals surface area (Å²) in [6, 6.07) is 21.1. The maximum atomic E-state index is 13.7. The van der Waals surface area contributed by atoms with Crippen LogP contribution in [-0.2, 0) is 0 Å². The second-order valence-electron chi connectivity index (χ2n) is 8.48. The molecule has 0 aromatic heterocycles. The van der Waals surface area contributed by atoms with Crippen molar-refractivity contribution < 1.29 is 4.79 Å². The number of benzene rings is 3. The van der Waals surface area contributed by atoms with Crippen LogP contribution in [0.2, 0.25) is 10.0 Å². The Morgan fingerprint density at radius 3 is 2.32 bits per heavy atom. The molecule has 0 N–H and O–H groups in total. The number of rotatable bonds is 3. The van der Waals surface area contributed by atoms with Crippen LogP contribution in [0.4, 0.5) is 0 Å². The van der Waals surface area contributed by atoms with Crippen LogP contribution in [0.3, 0.4) is 0 Å². The van der Waals surface area contributed by atoms with Gasteiger partial charge in [-0.25, -0.2) is 5.01 Å². The highest BCUT2D eigenvalue weighted by molar-refractivity contribution is 9.10. The fraction of sp³-hybridized carbons (Fsp3) is 0.185. The first-order valence-corrected chi connectivity index (χ1v) is 13.3. The fourth-order valence-electron chi connectivity index (χ4n) is 4.71. The van der Waals surface area contributed by atoms with Crippen LogP contribution >= 0.6 is 55.1 Å². The Morgan fingerprint density at radius 2 is 1.65 bits per heavy atom. The van der Waals surface area contributed by atoms with E-state index in [0.29, 0.717) is 15.6 Å². The molecular weight excluding hydrogens is 599 g/mol. The lowest BCUT2D eigenvalue weighted by molar-refractivity contribution is 0.0681. The van der Waals surface area contributed by atoms with Gasteiger partial charge >= 0.3 is 0 Å². The summed E-state index contributed by atoms with van der Waals surface area (Å²) in [5, 5.41) is 7.39. The number of halogens is 4. The zero-order valence-electron chi connectivity index (χ0n) is 18.0. The minimum absolute atomic E-state index is 0.117. The molecule has 5 rings (SSSR count). The molecule has 0 radical (unpaired) electrons. The van der Waals surface area contributed by atoms with Crippen molar-refractivity contribution in [2.24, 2.45) is 11.0 Å². The summed E-state index contributed by atoms with van der Waals surface area (Å²) in [6.07, 6.45) is 5.14. The third kappa shape index (κ3) is 4.76. The molecule has 172 valence electrons. The van der Waals surface area contributed by atoms with Crippen LogP contribution in [-0.4, -0.2) is 16.6 Å². The number of hydrogen-bond acceptors (Lipinski definition) is 2. The Kier molecular flexibility index (Phi) is 6.99. The minimum Gasteiger partial charge on any atom is -0.267 e. The molecule has 34 heavy (non-hydrogen) atoms. The molecule has 0 spiro atoms. The van der Waals surface area contributed by atoms with E-state index in [0.717, 1.165) is 45.0 Å². The number of carbonyl (C=O) groups excluding carboxylic acids is 1. The van der Waals surface area contributed by atoms with Crippen molar-refractivity contribution in [3.05, 3.63) is 108 Å². The first-order chi connectivity index (χ1) is 16.4. The largest absolute Gasteiger partial charge is 0.276 e. The highest BCUT2D eigenvalue weighted by Gasteiger charge is 2.44. The van der Waals surface area contributed by atoms with Crippen LogP contribution < -0.4 is 0 Å². The lowest BCUT2D eigenvalue weighted by atomic mass is 9.77. The number of amides is 1. The molecule has 3 aromatic carbocycles. The molecule has 3 nitrogen and oxygen atoms in total. The summed E-state index contributed by atoms with van der Waals surface area (Å²) in [5.74, 6) is -0.105. The van der Waals surface area contributed by atoms with Gasteiger partial charge in [-0.3, -0.25) is 4.79 Å². The second kappa shape index (κ2) is 9.98. The average Bonchev–Trinajstić information content (AvgIpc) is 3.21. The van der Waals surface area contributed by atoms with Gasteiger partial charge in [0.2, 0.25) is 0 Å². The van der Waals surface area contributed by atoms with Gasteiger partial charge in [0.15, 0.2) is 0 Å². The standard InChI is InChI=1S/C27H20Br2Cl2N2O/c28-19-8-4-16(5-9-19)14-18-2-1-3-23-25(18)32-33(26(23)17-6-10-20(29)11-7-17)27(34)22-13-12-21(30)15-24(22)31/h4-15,23,26H,1-3H2/b18-14+. The van der Waals surface area contributed by atoms with Crippen LogP contribution in [0.5, 0.6) is 0 Å². The SMILES string of the molecule is O=C(c1ccc(Cl)cc1Cl)N1N=C2/C(=C/c3ccc(Br)cc3)CCCC2C1c1ccc(Br)cc1. The quantitative estimate of drug-likeness (QED) is 0.288. The highest BCUT2D eigenvalue weighted by Crippen LogP contribution is 2.45. The van der Waals surface area contributed by atoms with E-state index in [1.165, 1.54) is 5.57 Å². The maximum absolute atomic E-state index is 13.7. The summed E-state index contributed by atoms with van der Waals surface area (Å²) >= 11 is 19.5. The first-order valence-electron chi connectivity index (χ1n) is 11.0. The third-order valence-corrected chi connectivity index (χ3v) is 7.90. The Hall–Kier alpha value is -1.92. The van der Waals surface area contributed by atoms with Gasteiger partial charge in [-0.1, -0.05) is 79.3 Å². The average molecular weight is 619 g/mol. The van der Waals surface area contributed by atoms with Crippen molar-refractivity contribution >= 4 is 72.8 Å². The number of allylic oxidation sites excluding steroid dienone is 1. The molecule has 3 aromatic rings. The molecule has 1 aliphatic carbocycles. The predicted molar refractivity (Wildman–Crippen MR) is 146 cm³/mol. The van der Waals surface area contributed by atoms with Crippen LogP contribution in [0.1, 0.15) is 46.8 Å². The van der Waals surface area contributed by atoms with Gasteiger partial charge in [0, 0.05) is 19.9 Å². The van der Waals surface area contributed by atoms with Gasteiger partial charge in [-0.15, -0.1) is 0 Å². The Bertz CT molecular complexity index is 1300. The van der Waals surface area contributed by atoms with E-state index in [2.05, 4.69) is 62.2 Å². The van der Waals surface area contributed by atoms with Gasteiger partial charge in [-0.05, 0) is 84.5 Å². The van der Waals surface area contributed by atoms with Crippen molar-refractivity contribution in [1.29, 1.82) is 0 Å². The van der Waals surface area contributed by atoms with Crippen molar-refractivity contribution in [3.63, 3.8) is 0 Å². The molecule has 0 bridgehead atoms. The summed E-state index contributed by atoms with van der Waals surface area (Å²) in [7, 11) is 0. The lowest BCUT2D eigenvalue weighted by Gasteiger charge is -2.30. The van der Waals surface area contributed by atoms with Gasteiger partial charge in [-0.2, -0.15) is 5.10 Å². The van der Waals surface area contributed by atoms with E-state index in [1.807, 2.05) is 24.3 Å². The zero-order chi connectivity index (χ0) is 23.8. The van der Waals surface area contributed by atoms with Crippen molar-refractivity contribution in [2.45, 2.75) is 25.3 Å². The highest BCUT2D eigenvalue weighted by atomic mass is 79.9. The zero-order valence-corrected chi connectivity index (χ0v) is 22.7. The lowest BCUT2D eigenvalue weighted by Crippen LogP contribution is -2.32. The smallest absolute Gasteiger partial charge is 0.267 e. The minimum atomic E-state index is -0.223. The molecule has 2 atom stereocenters. The Balaban J connectivity index is 1.59. The Labute approximate surface area is 225 Å². The molecule has 1 saturated carbocycles. The number of hydrazone groups is 1. The molecule has 1 amide bonds. The second-order valence-corrected chi connectivity index (χ2v) is 11.2.